The van der Waals surface area contributed by atoms with Crippen molar-refractivity contribution in [2.75, 3.05) is 32.4 Å². The van der Waals surface area contributed by atoms with E-state index in [2.05, 4.69) is 34.2 Å². The van der Waals surface area contributed by atoms with E-state index in [1.165, 1.54) is 12.8 Å². The monoisotopic (exact) mass is 434 g/mol. The first-order chi connectivity index (χ1) is 9.35. The van der Waals surface area contributed by atoms with E-state index in [0.717, 1.165) is 37.6 Å². The zero-order chi connectivity index (χ0) is 15.4. The number of hydrogen-bond acceptors (Lipinski definition) is 3. The molecule has 0 amide bonds. The van der Waals surface area contributed by atoms with Crippen molar-refractivity contribution in [3.05, 3.63) is 0 Å². The number of halogens is 1. The van der Waals surface area contributed by atoms with Crippen LogP contribution in [0, 0.1) is 5.92 Å². The number of aliphatic imine (C=N–C) groups is 1. The fraction of sp³-hybridized carbons (Fsp3) is 0.923. The van der Waals surface area contributed by atoms with Crippen LogP contribution in [0.5, 0.6) is 0 Å². The molecule has 8 heteroatoms. The Bertz CT molecular complexity index is 372. The van der Waals surface area contributed by atoms with Gasteiger partial charge in [-0.15, -0.1) is 24.0 Å². The first-order valence-corrected chi connectivity index (χ1v) is 9.21. The fourth-order valence-corrected chi connectivity index (χ4v) is 2.09. The Labute approximate surface area is 147 Å². The van der Waals surface area contributed by atoms with Gasteiger partial charge in [-0.05, 0) is 19.3 Å². The third-order valence-corrected chi connectivity index (χ3v) is 3.31. The van der Waals surface area contributed by atoms with Crippen molar-refractivity contribution in [1.29, 1.82) is 0 Å². The lowest BCUT2D eigenvalue weighted by atomic mass is 10.1. The molecule has 0 aromatic heterocycles. The summed E-state index contributed by atoms with van der Waals surface area (Å²) in [5.74, 6) is 1.49. The van der Waals surface area contributed by atoms with Gasteiger partial charge >= 0.3 is 0 Å². The van der Waals surface area contributed by atoms with E-state index in [1.54, 1.807) is 0 Å². The maximum Gasteiger partial charge on any atom is 0.208 e. The first-order valence-electron chi connectivity index (χ1n) is 7.32. The molecule has 0 fully saturated rings. The second-order valence-electron chi connectivity index (χ2n) is 5.24. The molecule has 0 rings (SSSR count). The van der Waals surface area contributed by atoms with E-state index >= 15 is 0 Å². The molecule has 0 heterocycles. The molecule has 0 saturated heterocycles. The van der Waals surface area contributed by atoms with Gasteiger partial charge in [-0.25, -0.2) is 13.1 Å². The molecule has 0 unspecified atom stereocenters. The zero-order valence-electron chi connectivity index (χ0n) is 13.6. The Hall–Kier alpha value is -0.0900. The van der Waals surface area contributed by atoms with Crippen molar-refractivity contribution in [2.45, 2.75) is 40.0 Å². The van der Waals surface area contributed by atoms with Crippen LogP contribution in [-0.2, 0) is 10.0 Å². The van der Waals surface area contributed by atoms with E-state index in [1.807, 2.05) is 6.92 Å². The number of sulfonamides is 1. The fourth-order valence-electron chi connectivity index (χ4n) is 1.61. The normalized spacial score (nSPS) is 12.1. The molecule has 0 aliphatic rings. The average Bonchev–Trinajstić information content (AvgIpc) is 2.32. The Morgan fingerprint density at radius 3 is 2.33 bits per heavy atom. The number of guanidine groups is 1. The maximum absolute atomic E-state index is 10.9. The van der Waals surface area contributed by atoms with Crippen LogP contribution in [-0.4, -0.2) is 46.8 Å². The number of nitrogens with one attached hydrogen (secondary N) is 3. The lowest BCUT2D eigenvalue weighted by Crippen LogP contribution is -2.41. The van der Waals surface area contributed by atoms with E-state index in [4.69, 9.17) is 0 Å². The van der Waals surface area contributed by atoms with E-state index in [9.17, 15) is 8.42 Å². The van der Waals surface area contributed by atoms with Crippen LogP contribution in [0.25, 0.3) is 0 Å². The van der Waals surface area contributed by atoms with E-state index < -0.39 is 10.0 Å². The molecular formula is C13H31IN4O2S. The van der Waals surface area contributed by atoms with Crippen molar-refractivity contribution >= 4 is 40.0 Å². The van der Waals surface area contributed by atoms with Gasteiger partial charge in [-0.2, -0.15) is 0 Å². The van der Waals surface area contributed by atoms with Gasteiger partial charge in [0.2, 0.25) is 10.0 Å². The minimum atomic E-state index is -3.12. The van der Waals surface area contributed by atoms with Crippen LogP contribution < -0.4 is 15.4 Å². The summed E-state index contributed by atoms with van der Waals surface area (Å²) >= 11 is 0. The highest BCUT2D eigenvalue weighted by atomic mass is 127. The Morgan fingerprint density at radius 2 is 1.81 bits per heavy atom. The first kappa shape index (κ1) is 23.2. The molecule has 6 nitrogen and oxygen atoms in total. The molecule has 0 bridgehead atoms. The Morgan fingerprint density at radius 1 is 1.14 bits per heavy atom. The van der Waals surface area contributed by atoms with Gasteiger partial charge in [-0.1, -0.05) is 26.7 Å². The second kappa shape index (κ2) is 13.6. The minimum Gasteiger partial charge on any atom is -0.357 e. The summed E-state index contributed by atoms with van der Waals surface area (Å²) in [7, 11) is -3.12. The van der Waals surface area contributed by atoms with E-state index in [-0.39, 0.29) is 24.0 Å². The van der Waals surface area contributed by atoms with Crippen LogP contribution >= 0.6 is 24.0 Å². The van der Waals surface area contributed by atoms with Crippen LogP contribution in [0.1, 0.15) is 40.0 Å². The SMILES string of the molecule is CCNC(=NCCCCC(C)C)NCCNS(C)(=O)=O.I. The average molecular weight is 434 g/mol. The largest absolute Gasteiger partial charge is 0.357 e. The lowest BCUT2D eigenvalue weighted by Gasteiger charge is -2.11. The summed E-state index contributed by atoms with van der Waals surface area (Å²) in [6, 6.07) is 0. The van der Waals surface area contributed by atoms with E-state index in [0.29, 0.717) is 13.1 Å². The quantitative estimate of drug-likeness (QED) is 0.211. The number of nitrogens with zero attached hydrogens (tertiary/aromatic N) is 1. The highest BCUT2D eigenvalue weighted by Gasteiger charge is 2.00. The smallest absolute Gasteiger partial charge is 0.208 e. The molecule has 0 radical (unpaired) electrons. The third-order valence-electron chi connectivity index (χ3n) is 2.59. The predicted molar refractivity (Wildman–Crippen MR) is 101 cm³/mol. The summed E-state index contributed by atoms with van der Waals surface area (Å²) in [5, 5.41) is 6.25. The van der Waals surface area contributed by atoms with Crippen LogP contribution in [0.2, 0.25) is 0 Å². The number of hydrogen-bond donors (Lipinski definition) is 3. The molecule has 0 aromatic rings. The molecule has 0 saturated carbocycles. The highest BCUT2D eigenvalue weighted by Crippen LogP contribution is 2.05. The molecule has 0 atom stereocenters. The zero-order valence-corrected chi connectivity index (χ0v) is 16.8. The van der Waals surface area contributed by atoms with Gasteiger partial charge in [0.1, 0.15) is 0 Å². The van der Waals surface area contributed by atoms with Gasteiger partial charge in [0.15, 0.2) is 5.96 Å². The topological polar surface area (TPSA) is 82.6 Å². The van der Waals surface area contributed by atoms with Gasteiger partial charge < -0.3 is 10.6 Å². The number of unbranched alkanes of at least 4 members (excludes halogenated alkanes) is 1. The minimum absolute atomic E-state index is 0. The molecular weight excluding hydrogens is 403 g/mol. The summed E-state index contributed by atoms with van der Waals surface area (Å²) in [6.45, 7) is 8.92. The van der Waals surface area contributed by atoms with Gasteiger partial charge in [0, 0.05) is 26.2 Å². The molecule has 0 spiro atoms. The highest BCUT2D eigenvalue weighted by molar-refractivity contribution is 14.0. The molecule has 0 aliphatic heterocycles. The Balaban J connectivity index is 0. The summed E-state index contributed by atoms with van der Waals surface area (Å²) in [6.07, 6.45) is 4.66. The van der Waals surface area contributed by atoms with Crippen molar-refractivity contribution < 1.29 is 8.42 Å². The molecule has 0 aliphatic carbocycles. The van der Waals surface area contributed by atoms with Crippen LogP contribution in [0.3, 0.4) is 0 Å². The van der Waals surface area contributed by atoms with Crippen molar-refractivity contribution in [3.63, 3.8) is 0 Å². The van der Waals surface area contributed by atoms with Gasteiger partial charge in [0.05, 0.1) is 6.26 Å². The second-order valence-corrected chi connectivity index (χ2v) is 7.08. The molecule has 3 N–H and O–H groups in total. The standard InChI is InChI=1S/C13H30N4O2S.HI/c1-5-14-13(15-9-7-6-8-12(2)3)16-10-11-17-20(4,18)19;/h12,17H,5-11H2,1-4H3,(H2,14,15,16);1H. The Kier molecular flexibility index (Phi) is 15.0. The third kappa shape index (κ3) is 17.9. The summed E-state index contributed by atoms with van der Waals surface area (Å²) in [4.78, 5) is 4.46. The molecule has 0 aromatic carbocycles. The number of rotatable bonds is 10. The summed E-state index contributed by atoms with van der Waals surface area (Å²) < 4.78 is 24.3. The summed E-state index contributed by atoms with van der Waals surface area (Å²) in [5.41, 5.74) is 0. The lowest BCUT2D eigenvalue weighted by molar-refractivity contribution is 0.541. The van der Waals surface area contributed by atoms with Crippen molar-refractivity contribution in [2.24, 2.45) is 10.9 Å². The van der Waals surface area contributed by atoms with Crippen LogP contribution in [0.4, 0.5) is 0 Å². The predicted octanol–water partition coefficient (Wildman–Crippen LogP) is 1.54. The van der Waals surface area contributed by atoms with Crippen LogP contribution in [0.15, 0.2) is 4.99 Å². The van der Waals surface area contributed by atoms with Crippen molar-refractivity contribution in [1.82, 2.24) is 15.4 Å². The maximum atomic E-state index is 10.9. The van der Waals surface area contributed by atoms with Gasteiger partial charge in [-0.3, -0.25) is 4.99 Å². The van der Waals surface area contributed by atoms with Gasteiger partial charge in [0.25, 0.3) is 0 Å². The molecule has 128 valence electrons. The van der Waals surface area contributed by atoms with Crippen molar-refractivity contribution in [3.8, 4) is 0 Å². The molecule has 21 heavy (non-hydrogen) atoms.